The molecule has 0 N–H and O–H groups in total. The summed E-state index contributed by atoms with van der Waals surface area (Å²) in [5.41, 5.74) is 9.22. The van der Waals surface area contributed by atoms with Crippen LogP contribution in [0.3, 0.4) is 0 Å². The van der Waals surface area contributed by atoms with Gasteiger partial charge in [0.05, 0.1) is 0 Å². The Morgan fingerprint density at radius 2 is 1.03 bits per heavy atom. The fraction of sp³-hybridized carbons (Fsp3) is 0.600. The van der Waals surface area contributed by atoms with Crippen molar-refractivity contribution in [2.75, 3.05) is 0 Å². The maximum atomic E-state index is 2.60. The van der Waals surface area contributed by atoms with Gasteiger partial charge < -0.3 is 37.2 Å². The summed E-state index contributed by atoms with van der Waals surface area (Å²) in [4.78, 5) is 0. The number of aryl methyl sites for hydroxylation is 2. The van der Waals surface area contributed by atoms with Gasteiger partial charge in [-0.25, -0.2) is 0 Å². The molecule has 0 aromatic heterocycles. The van der Waals surface area contributed by atoms with Gasteiger partial charge in [-0.3, -0.25) is 0 Å². The van der Waals surface area contributed by atoms with E-state index in [0.29, 0.717) is 0 Å². The Morgan fingerprint density at radius 3 is 1.33 bits per heavy atom. The van der Waals surface area contributed by atoms with E-state index < -0.39 is 8.07 Å². The van der Waals surface area contributed by atoms with Crippen LogP contribution in [0.4, 0.5) is 0 Å². The topological polar surface area (TPSA) is 0 Å². The second kappa shape index (κ2) is 12.1. The summed E-state index contributed by atoms with van der Waals surface area (Å²) in [5.74, 6) is 1.43. The summed E-state index contributed by atoms with van der Waals surface area (Å²) in [7, 11) is -1.88. The van der Waals surface area contributed by atoms with E-state index in [0.717, 1.165) is 11.8 Å². The zero-order chi connectivity index (χ0) is 20.7. The average Bonchev–Trinajstić information content (AvgIpc) is 2.69. The van der Waals surface area contributed by atoms with E-state index in [4.69, 9.17) is 0 Å². The molecule has 5 heteroatoms. The van der Waals surface area contributed by atoms with E-state index in [1.165, 1.54) is 23.2 Å². The van der Waals surface area contributed by atoms with E-state index in [2.05, 4.69) is 108 Å². The van der Waals surface area contributed by atoms with Crippen LogP contribution in [0.1, 0.15) is 66.5 Å². The molecular weight excluding hydrogens is 483 g/mol. The minimum atomic E-state index is -1.88. The number of rotatable bonds is 6. The molecule has 0 fully saturated rings. The Morgan fingerprint density at radius 1 is 0.700 bits per heavy atom. The molecule has 0 atom stereocenters. The van der Waals surface area contributed by atoms with Crippen molar-refractivity contribution < 1.29 is 57.7 Å². The van der Waals surface area contributed by atoms with Crippen LogP contribution in [0.25, 0.3) is 0 Å². The van der Waals surface area contributed by atoms with Crippen LogP contribution < -0.4 is 42.4 Å². The predicted molar refractivity (Wildman–Crippen MR) is 120 cm³/mol. The molecule has 1 aromatic rings. The van der Waals surface area contributed by atoms with Crippen molar-refractivity contribution in [3.63, 3.8) is 0 Å². The van der Waals surface area contributed by atoms with Crippen LogP contribution in [0.2, 0.25) is 15.4 Å². The van der Waals surface area contributed by atoms with Crippen molar-refractivity contribution in [3.05, 3.63) is 51.6 Å². The second-order valence-corrected chi connectivity index (χ2v) is 16.2. The molecule has 1 aliphatic carbocycles. The van der Waals surface area contributed by atoms with Crippen LogP contribution in [-0.4, -0.2) is 8.07 Å². The molecule has 0 aliphatic heterocycles. The molecule has 0 bridgehead atoms. The first kappa shape index (κ1) is 32.7. The third kappa shape index (κ3) is 5.70. The summed E-state index contributed by atoms with van der Waals surface area (Å²) >= 11 is 2.60. The van der Waals surface area contributed by atoms with Gasteiger partial charge in [0.25, 0.3) is 0 Å². The van der Waals surface area contributed by atoms with E-state index >= 15 is 0 Å². The monoisotopic (exact) mass is 520 g/mol. The summed E-state index contributed by atoms with van der Waals surface area (Å²) in [6.45, 7) is 23.8. The van der Waals surface area contributed by atoms with Crippen molar-refractivity contribution >= 4 is 13.3 Å². The molecular formula is C25H39Cl3SiTi. The molecule has 0 heterocycles. The van der Waals surface area contributed by atoms with Crippen molar-refractivity contribution in [2.24, 2.45) is 11.8 Å². The molecule has 1 aromatic carbocycles. The predicted octanol–water partition coefficient (Wildman–Crippen LogP) is -1.79. The van der Waals surface area contributed by atoms with Crippen molar-refractivity contribution in [3.8, 4) is 0 Å². The molecule has 0 saturated heterocycles. The standard InChI is InChI=1S/C25H39Si.3ClH.Ti/c1-16(2)14-26(15-17(3)4,24-12-18(5)11-19(6)13-24)25-22(9)20(7)21(8)23(25)10;;;;/h11-13,16-17H,14-15H2,1-10H3;3*1H;/q;;;;+3/p-3. The third-order valence-electron chi connectivity index (χ3n) is 6.82. The van der Waals surface area contributed by atoms with Crippen molar-refractivity contribution in [1.82, 2.24) is 0 Å². The average molecular weight is 522 g/mol. The van der Waals surface area contributed by atoms with Gasteiger partial charge in [0.2, 0.25) is 0 Å². The first-order valence-electron chi connectivity index (χ1n) is 10.6. The minimum absolute atomic E-state index is 0. The van der Waals surface area contributed by atoms with Gasteiger partial charge in [0.15, 0.2) is 0 Å². The molecule has 2 rings (SSSR count). The van der Waals surface area contributed by atoms with E-state index in [1.807, 2.05) is 0 Å². The normalized spacial score (nSPS) is 15.9. The molecule has 0 radical (unpaired) electrons. The Hall–Kier alpha value is 0.501. The number of halogens is 3. The van der Waals surface area contributed by atoms with Crippen LogP contribution in [-0.2, 0) is 20.4 Å². The van der Waals surface area contributed by atoms with Crippen molar-refractivity contribution in [2.45, 2.75) is 84.7 Å². The first-order chi connectivity index (χ1) is 12.4. The van der Waals surface area contributed by atoms with Crippen LogP contribution in [0.15, 0.2) is 40.5 Å². The molecule has 1 aliphatic rings. The number of hydrogen-bond acceptors (Lipinski definition) is 0. The van der Waals surface area contributed by atoms with Crippen LogP contribution >= 0.6 is 0 Å². The molecule has 0 unspecified atom stereocenters. The molecule has 0 amide bonds. The largest absolute Gasteiger partial charge is 1.00 e. The number of allylic oxidation sites excluding steroid dienone is 4. The SMILES string of the molecule is CC1=C(C)[C]([Ti+3])([Si](CC(C)C)(CC(C)C)c2cc(C)cc(C)c2)C(C)=C1C.[Cl-].[Cl-].[Cl-]. The summed E-state index contributed by atoms with van der Waals surface area (Å²) in [5, 5.41) is 1.69. The fourth-order valence-electron chi connectivity index (χ4n) is 5.61. The van der Waals surface area contributed by atoms with Crippen molar-refractivity contribution in [1.29, 1.82) is 0 Å². The second-order valence-electron chi connectivity index (χ2n) is 9.90. The molecule has 30 heavy (non-hydrogen) atoms. The summed E-state index contributed by atoms with van der Waals surface area (Å²) < 4.78 is 0.218. The zero-order valence-corrected chi connectivity index (χ0v) is 25.3. The first-order valence-corrected chi connectivity index (χ1v) is 13.8. The van der Waals surface area contributed by atoms with Gasteiger partial charge in [0, 0.05) is 0 Å². The maximum absolute atomic E-state index is 2.60. The zero-order valence-electron chi connectivity index (χ0n) is 20.4. The van der Waals surface area contributed by atoms with E-state index in [1.54, 1.807) is 27.5 Å². The Labute approximate surface area is 217 Å². The minimum Gasteiger partial charge on any atom is -1.00 e. The molecule has 168 valence electrons. The fourth-order valence-corrected chi connectivity index (χ4v) is 15.1. The summed E-state index contributed by atoms with van der Waals surface area (Å²) in [6.07, 6.45) is 0. The van der Waals surface area contributed by atoms with Gasteiger partial charge in [-0.2, -0.15) is 0 Å². The van der Waals surface area contributed by atoms with Gasteiger partial charge in [-0.05, 0) is 0 Å². The van der Waals surface area contributed by atoms with Gasteiger partial charge >= 0.3 is 182 Å². The molecule has 0 spiro atoms. The van der Waals surface area contributed by atoms with Gasteiger partial charge in [-0.15, -0.1) is 0 Å². The van der Waals surface area contributed by atoms with Gasteiger partial charge in [-0.1, -0.05) is 0 Å². The van der Waals surface area contributed by atoms with Gasteiger partial charge in [0.1, 0.15) is 0 Å². The van der Waals surface area contributed by atoms with E-state index in [9.17, 15) is 0 Å². The maximum Gasteiger partial charge on any atom is -1.00 e. The van der Waals surface area contributed by atoms with E-state index in [-0.39, 0.29) is 40.6 Å². The Kier molecular flexibility index (Phi) is 13.2. The van der Waals surface area contributed by atoms with Crippen LogP contribution in [0.5, 0.6) is 0 Å². The summed E-state index contributed by atoms with van der Waals surface area (Å²) in [6, 6.07) is 10.1. The molecule has 0 saturated carbocycles. The molecule has 0 nitrogen and oxygen atoms in total. The quantitative estimate of drug-likeness (QED) is 0.388. The Bertz CT molecular complexity index is 739. The smallest absolute Gasteiger partial charge is 1.00 e. The third-order valence-corrected chi connectivity index (χ3v) is 16.8. The van der Waals surface area contributed by atoms with Crippen LogP contribution in [0, 0.1) is 25.7 Å². The number of benzene rings is 1. The Balaban J connectivity index is 0. The number of hydrogen-bond donors (Lipinski definition) is 0.